The number of ether oxygens (including phenoxy) is 1. The highest BCUT2D eigenvalue weighted by molar-refractivity contribution is 6.07. The van der Waals surface area contributed by atoms with Gasteiger partial charge < -0.3 is 18.9 Å². The number of carbonyl (C=O) groups is 1. The largest absolute Gasteiger partial charge is 0.486 e. The van der Waals surface area contributed by atoms with Gasteiger partial charge in [0.05, 0.1) is 11.8 Å². The molecule has 0 aliphatic carbocycles. The maximum absolute atomic E-state index is 13.1. The van der Waals surface area contributed by atoms with Gasteiger partial charge >= 0.3 is 0 Å². The first-order chi connectivity index (χ1) is 13.8. The minimum atomic E-state index is -0.102. The summed E-state index contributed by atoms with van der Waals surface area (Å²) in [4.78, 5) is 19.3. The number of nitrogens with one attached hydrogen (secondary N) is 1. The van der Waals surface area contributed by atoms with Crippen LogP contribution in [0.25, 0.3) is 11.0 Å². The van der Waals surface area contributed by atoms with Crippen LogP contribution in [0.4, 0.5) is 0 Å². The number of hydrogen-bond acceptors (Lipinski definition) is 6. The molecule has 4 rings (SSSR count). The molecule has 3 aromatic rings. The fraction of sp³-hybridized carbons (Fsp3) is 0.455. The van der Waals surface area contributed by atoms with Gasteiger partial charge in [0.25, 0.3) is 5.91 Å². The van der Waals surface area contributed by atoms with Crippen LogP contribution in [-0.4, -0.2) is 40.5 Å². The van der Waals surface area contributed by atoms with E-state index in [9.17, 15) is 4.79 Å². The lowest BCUT2D eigenvalue weighted by Crippen LogP contribution is -2.43. The maximum Gasteiger partial charge on any atom is 0.255 e. The highest BCUT2D eigenvalue weighted by Crippen LogP contribution is 2.30. The Morgan fingerprint density at radius 1 is 1.38 bits per heavy atom. The fourth-order valence-corrected chi connectivity index (χ4v) is 3.78. The number of fused-ring (bicyclic) bond motifs is 1. The van der Waals surface area contributed by atoms with Gasteiger partial charge in [0.2, 0.25) is 0 Å². The van der Waals surface area contributed by atoms with Gasteiger partial charge in [0.1, 0.15) is 23.7 Å². The van der Waals surface area contributed by atoms with E-state index in [1.807, 2.05) is 25.1 Å². The molecular formula is C22H27N3O4. The van der Waals surface area contributed by atoms with Crippen molar-refractivity contribution in [3.8, 4) is 5.75 Å². The molecule has 0 bridgehead atoms. The molecular weight excluding hydrogens is 370 g/mol. The van der Waals surface area contributed by atoms with Crippen LogP contribution < -0.4 is 10.1 Å². The Balaban J connectivity index is 1.51. The van der Waals surface area contributed by atoms with E-state index in [-0.39, 0.29) is 24.1 Å². The summed E-state index contributed by atoms with van der Waals surface area (Å²) in [6, 6.07) is 5.62. The van der Waals surface area contributed by atoms with E-state index in [4.69, 9.17) is 13.6 Å². The molecule has 3 heterocycles. The fourth-order valence-electron chi connectivity index (χ4n) is 3.78. The van der Waals surface area contributed by atoms with Crippen LogP contribution in [0.15, 0.2) is 39.6 Å². The molecule has 1 amide bonds. The minimum Gasteiger partial charge on any atom is -0.486 e. The summed E-state index contributed by atoms with van der Waals surface area (Å²) >= 11 is 0. The van der Waals surface area contributed by atoms with E-state index in [2.05, 4.69) is 36.0 Å². The lowest BCUT2D eigenvalue weighted by atomic mass is 10.1. The van der Waals surface area contributed by atoms with Crippen LogP contribution in [0, 0.1) is 6.92 Å². The van der Waals surface area contributed by atoms with E-state index in [0.29, 0.717) is 28.4 Å². The number of nitrogens with zero attached hydrogens (tertiary/aromatic N) is 2. The Kier molecular flexibility index (Phi) is 5.08. The zero-order valence-electron chi connectivity index (χ0n) is 17.3. The molecule has 0 unspecified atom stereocenters. The highest BCUT2D eigenvalue weighted by Gasteiger charge is 2.32. The second-order valence-corrected chi connectivity index (χ2v) is 8.52. The molecule has 1 atom stereocenters. The molecule has 1 saturated heterocycles. The Morgan fingerprint density at radius 3 is 2.90 bits per heavy atom. The number of likely N-dealkylation sites (tertiary alicyclic amines) is 1. The first-order valence-electron chi connectivity index (χ1n) is 9.90. The average molecular weight is 397 g/mol. The SMILES string of the molecule is Cc1oc2ccc(OCc3cnco3)cc2c1C(=O)N[C@@H]1CCN(C(C)(C)C)C1. The average Bonchev–Trinajstić information content (AvgIpc) is 3.38. The molecule has 1 fully saturated rings. The van der Waals surface area contributed by atoms with E-state index in [1.165, 1.54) is 6.39 Å². The number of furan rings is 1. The van der Waals surface area contributed by atoms with Gasteiger partial charge in [-0.1, -0.05) is 0 Å². The number of aryl methyl sites for hydroxylation is 1. The topological polar surface area (TPSA) is 80.7 Å². The lowest BCUT2D eigenvalue weighted by molar-refractivity contribution is 0.0932. The summed E-state index contributed by atoms with van der Waals surface area (Å²) in [6.45, 7) is 10.5. The molecule has 1 aliphatic rings. The summed E-state index contributed by atoms with van der Waals surface area (Å²) in [7, 11) is 0. The number of oxazole rings is 1. The number of hydrogen-bond donors (Lipinski definition) is 1. The van der Waals surface area contributed by atoms with E-state index >= 15 is 0 Å². The molecule has 1 aliphatic heterocycles. The number of aromatic nitrogens is 1. The molecule has 0 saturated carbocycles. The number of carbonyl (C=O) groups excluding carboxylic acids is 1. The van der Waals surface area contributed by atoms with Gasteiger partial charge in [-0.2, -0.15) is 0 Å². The first-order valence-corrected chi connectivity index (χ1v) is 9.90. The lowest BCUT2D eigenvalue weighted by Gasteiger charge is -2.31. The van der Waals surface area contributed by atoms with Crippen molar-refractivity contribution in [2.24, 2.45) is 0 Å². The van der Waals surface area contributed by atoms with Crippen LogP contribution in [0.5, 0.6) is 5.75 Å². The summed E-state index contributed by atoms with van der Waals surface area (Å²) in [5.41, 5.74) is 1.34. The molecule has 1 N–H and O–H groups in total. The summed E-state index contributed by atoms with van der Waals surface area (Å²) in [5, 5.41) is 3.94. The van der Waals surface area contributed by atoms with E-state index in [1.54, 1.807) is 6.20 Å². The standard InChI is InChI=1S/C22H27N3O4/c1-14-20(21(26)24-15-7-8-25(11-15)22(2,3)4)18-9-16(5-6-19(18)29-14)27-12-17-10-23-13-28-17/h5-6,9-10,13,15H,7-8,11-12H2,1-4H3,(H,24,26)/t15-/m1/s1. The first kappa shape index (κ1) is 19.5. The third kappa shape index (κ3) is 4.15. The molecule has 0 radical (unpaired) electrons. The number of benzene rings is 1. The number of rotatable bonds is 5. The second-order valence-electron chi connectivity index (χ2n) is 8.52. The summed E-state index contributed by atoms with van der Waals surface area (Å²) < 4.78 is 16.8. The second kappa shape index (κ2) is 7.55. The monoisotopic (exact) mass is 397 g/mol. The van der Waals surface area contributed by atoms with Gasteiger partial charge in [-0.25, -0.2) is 4.98 Å². The third-order valence-electron chi connectivity index (χ3n) is 5.40. The van der Waals surface area contributed by atoms with E-state index in [0.717, 1.165) is 24.9 Å². The molecule has 1 aromatic carbocycles. The van der Waals surface area contributed by atoms with Crippen molar-refractivity contribution < 1.29 is 18.4 Å². The quantitative estimate of drug-likeness (QED) is 0.703. The zero-order valence-corrected chi connectivity index (χ0v) is 17.3. The van der Waals surface area contributed by atoms with Crippen molar-refractivity contribution in [2.75, 3.05) is 13.1 Å². The zero-order chi connectivity index (χ0) is 20.6. The molecule has 0 spiro atoms. The van der Waals surface area contributed by atoms with Gasteiger partial charge in [0, 0.05) is 30.1 Å². The van der Waals surface area contributed by atoms with Crippen molar-refractivity contribution in [3.63, 3.8) is 0 Å². The maximum atomic E-state index is 13.1. The summed E-state index contributed by atoms with van der Waals surface area (Å²) in [6.07, 6.45) is 3.93. The van der Waals surface area contributed by atoms with Crippen molar-refractivity contribution in [2.45, 2.75) is 52.3 Å². The molecule has 7 nitrogen and oxygen atoms in total. The normalized spacial score (nSPS) is 17.7. The van der Waals surface area contributed by atoms with Crippen LogP contribution in [-0.2, 0) is 6.61 Å². The Labute approximate surface area is 170 Å². The van der Waals surface area contributed by atoms with Crippen LogP contribution in [0.3, 0.4) is 0 Å². The molecule has 154 valence electrons. The van der Waals surface area contributed by atoms with Crippen LogP contribution in [0.1, 0.15) is 49.1 Å². The molecule has 2 aromatic heterocycles. The van der Waals surface area contributed by atoms with Gasteiger partial charge in [-0.3, -0.25) is 9.69 Å². The van der Waals surface area contributed by atoms with Crippen molar-refractivity contribution in [1.82, 2.24) is 15.2 Å². The predicted molar refractivity (Wildman–Crippen MR) is 109 cm³/mol. The Bertz CT molecular complexity index is 1000. The number of amides is 1. The van der Waals surface area contributed by atoms with Crippen LogP contribution in [0.2, 0.25) is 0 Å². The molecule has 29 heavy (non-hydrogen) atoms. The van der Waals surface area contributed by atoms with Crippen molar-refractivity contribution in [3.05, 3.63) is 47.9 Å². The Hall–Kier alpha value is -2.80. The molecule has 7 heteroatoms. The van der Waals surface area contributed by atoms with Gasteiger partial charge in [0.15, 0.2) is 12.2 Å². The summed E-state index contributed by atoms with van der Waals surface area (Å²) in [5.74, 6) is 1.78. The van der Waals surface area contributed by atoms with Gasteiger partial charge in [-0.15, -0.1) is 0 Å². The van der Waals surface area contributed by atoms with Crippen LogP contribution >= 0.6 is 0 Å². The minimum absolute atomic E-state index is 0.102. The smallest absolute Gasteiger partial charge is 0.255 e. The van der Waals surface area contributed by atoms with Crippen molar-refractivity contribution >= 4 is 16.9 Å². The van der Waals surface area contributed by atoms with Crippen molar-refractivity contribution in [1.29, 1.82) is 0 Å². The third-order valence-corrected chi connectivity index (χ3v) is 5.40. The van der Waals surface area contributed by atoms with E-state index < -0.39 is 0 Å². The Morgan fingerprint density at radius 2 is 2.21 bits per heavy atom. The predicted octanol–water partition coefficient (Wildman–Crippen LogP) is 3.91. The highest BCUT2D eigenvalue weighted by atomic mass is 16.5. The van der Waals surface area contributed by atoms with Gasteiger partial charge in [-0.05, 0) is 52.3 Å².